The zero-order valence-corrected chi connectivity index (χ0v) is 11.1. The van der Waals surface area contributed by atoms with Gasteiger partial charge in [-0.05, 0) is 43.7 Å². The second-order valence-corrected chi connectivity index (χ2v) is 6.21. The van der Waals surface area contributed by atoms with Gasteiger partial charge in [0.05, 0.1) is 0 Å². The van der Waals surface area contributed by atoms with Crippen LogP contribution in [0.4, 0.5) is 0 Å². The Balaban J connectivity index is 2.27. The van der Waals surface area contributed by atoms with Crippen molar-refractivity contribution < 1.29 is 5.11 Å². The molecule has 0 aromatic rings. The first-order valence-electron chi connectivity index (χ1n) is 6.52. The number of aliphatic hydroxyl groups excluding tert-OH is 1. The summed E-state index contributed by atoms with van der Waals surface area (Å²) in [6.45, 7) is 10.5. The topological polar surface area (TPSA) is 49.5 Å². The fourth-order valence-electron chi connectivity index (χ4n) is 2.57. The van der Waals surface area contributed by atoms with Crippen LogP contribution in [0.25, 0.3) is 0 Å². The molecule has 0 spiro atoms. The van der Waals surface area contributed by atoms with Gasteiger partial charge in [0.25, 0.3) is 0 Å². The number of nitrogens with zero attached hydrogens (tertiary/aromatic N) is 1. The van der Waals surface area contributed by atoms with E-state index in [4.69, 9.17) is 10.8 Å². The van der Waals surface area contributed by atoms with Crippen LogP contribution in [0, 0.1) is 11.3 Å². The van der Waals surface area contributed by atoms with Crippen LogP contribution in [0.5, 0.6) is 0 Å². The summed E-state index contributed by atoms with van der Waals surface area (Å²) in [6.07, 6.45) is 3.30. The molecule has 1 aliphatic heterocycles. The maximum atomic E-state index is 8.82. The Labute approximate surface area is 100 Å². The van der Waals surface area contributed by atoms with Crippen molar-refractivity contribution in [1.82, 2.24) is 4.90 Å². The first-order valence-corrected chi connectivity index (χ1v) is 6.52. The van der Waals surface area contributed by atoms with Crippen LogP contribution >= 0.6 is 0 Å². The molecule has 1 heterocycles. The third-order valence-corrected chi connectivity index (χ3v) is 3.80. The highest BCUT2D eigenvalue weighted by molar-refractivity contribution is 4.81. The summed E-state index contributed by atoms with van der Waals surface area (Å²) in [4.78, 5) is 2.45. The van der Waals surface area contributed by atoms with Gasteiger partial charge in [0.15, 0.2) is 0 Å². The third kappa shape index (κ3) is 4.40. The average Bonchev–Trinajstić information content (AvgIpc) is 2.17. The normalized spacial score (nSPS) is 22.3. The highest BCUT2D eigenvalue weighted by atomic mass is 16.3. The molecule has 96 valence electrons. The van der Waals surface area contributed by atoms with E-state index in [2.05, 4.69) is 25.7 Å². The zero-order valence-electron chi connectivity index (χ0n) is 11.1. The zero-order chi connectivity index (χ0) is 12.2. The molecule has 0 aromatic heterocycles. The van der Waals surface area contributed by atoms with Gasteiger partial charge in [-0.15, -0.1) is 0 Å². The van der Waals surface area contributed by atoms with E-state index >= 15 is 0 Å². The molecule has 3 N–H and O–H groups in total. The maximum Gasteiger partial charge on any atom is 0.0446 e. The van der Waals surface area contributed by atoms with Crippen molar-refractivity contribution in [2.45, 2.75) is 46.1 Å². The van der Waals surface area contributed by atoms with Crippen molar-refractivity contribution in [1.29, 1.82) is 0 Å². The number of piperidine rings is 1. The summed E-state index contributed by atoms with van der Waals surface area (Å²) in [5.41, 5.74) is 6.38. The molecule has 0 aromatic carbocycles. The number of hydrogen-bond acceptors (Lipinski definition) is 3. The fraction of sp³-hybridized carbons (Fsp3) is 1.00. The lowest BCUT2D eigenvalue weighted by Crippen LogP contribution is -2.44. The Kier molecular flexibility index (Phi) is 5.22. The van der Waals surface area contributed by atoms with Crippen LogP contribution in [0.3, 0.4) is 0 Å². The van der Waals surface area contributed by atoms with Crippen LogP contribution in [-0.2, 0) is 0 Å². The van der Waals surface area contributed by atoms with Gasteiger partial charge in [-0.2, -0.15) is 0 Å². The van der Waals surface area contributed by atoms with Crippen LogP contribution in [0.1, 0.15) is 40.0 Å². The molecule has 16 heavy (non-hydrogen) atoms. The van der Waals surface area contributed by atoms with Gasteiger partial charge in [-0.1, -0.05) is 20.8 Å². The monoisotopic (exact) mass is 228 g/mol. The van der Waals surface area contributed by atoms with E-state index in [1.165, 1.54) is 25.9 Å². The Bertz CT molecular complexity index is 193. The summed E-state index contributed by atoms with van der Waals surface area (Å²) in [5, 5.41) is 8.82. The highest BCUT2D eigenvalue weighted by Gasteiger charge is 2.28. The van der Waals surface area contributed by atoms with Crippen molar-refractivity contribution in [2.24, 2.45) is 17.1 Å². The van der Waals surface area contributed by atoms with Crippen LogP contribution in [-0.4, -0.2) is 42.3 Å². The molecule has 0 amide bonds. The van der Waals surface area contributed by atoms with Crippen molar-refractivity contribution in [3.63, 3.8) is 0 Å². The average molecular weight is 228 g/mol. The van der Waals surface area contributed by atoms with Crippen LogP contribution in [0.15, 0.2) is 0 Å². The standard InChI is InChI=1S/C13H28N2O/c1-13(2,3)11-4-7-15(8-5-11)10-12(14)6-9-16/h11-12,16H,4-10,14H2,1-3H3. The minimum absolute atomic E-state index is 0.135. The number of likely N-dealkylation sites (tertiary alicyclic amines) is 1. The van der Waals surface area contributed by atoms with Crippen LogP contribution in [0.2, 0.25) is 0 Å². The number of rotatable bonds is 4. The van der Waals surface area contributed by atoms with E-state index in [0.29, 0.717) is 5.41 Å². The van der Waals surface area contributed by atoms with Crippen molar-refractivity contribution in [2.75, 3.05) is 26.2 Å². The molecule has 0 radical (unpaired) electrons. The molecular weight excluding hydrogens is 200 g/mol. The maximum absolute atomic E-state index is 8.82. The molecule has 3 nitrogen and oxygen atoms in total. The molecule has 1 rings (SSSR count). The third-order valence-electron chi connectivity index (χ3n) is 3.80. The summed E-state index contributed by atoms with van der Waals surface area (Å²) in [7, 11) is 0. The lowest BCUT2D eigenvalue weighted by Gasteiger charge is -2.39. The smallest absolute Gasteiger partial charge is 0.0446 e. The van der Waals surface area contributed by atoms with Gasteiger partial charge < -0.3 is 15.7 Å². The molecule has 3 heteroatoms. The number of aliphatic hydroxyl groups is 1. The summed E-state index contributed by atoms with van der Waals surface area (Å²) < 4.78 is 0. The van der Waals surface area contributed by atoms with E-state index in [-0.39, 0.29) is 12.6 Å². The van der Waals surface area contributed by atoms with Gasteiger partial charge in [0, 0.05) is 19.2 Å². The molecule has 1 aliphatic rings. The van der Waals surface area contributed by atoms with E-state index in [1.807, 2.05) is 0 Å². The van der Waals surface area contributed by atoms with Crippen molar-refractivity contribution in [3.05, 3.63) is 0 Å². The van der Waals surface area contributed by atoms with Crippen molar-refractivity contribution >= 4 is 0 Å². The van der Waals surface area contributed by atoms with Gasteiger partial charge in [-0.3, -0.25) is 0 Å². The lowest BCUT2D eigenvalue weighted by atomic mass is 9.75. The van der Waals surface area contributed by atoms with Crippen molar-refractivity contribution in [3.8, 4) is 0 Å². The largest absolute Gasteiger partial charge is 0.396 e. The molecule has 0 aliphatic carbocycles. The van der Waals surface area contributed by atoms with E-state index in [1.54, 1.807) is 0 Å². The molecule has 1 unspecified atom stereocenters. The van der Waals surface area contributed by atoms with E-state index < -0.39 is 0 Å². The molecule has 1 atom stereocenters. The van der Waals surface area contributed by atoms with Gasteiger partial charge in [0.1, 0.15) is 0 Å². The number of nitrogens with two attached hydrogens (primary N) is 1. The predicted molar refractivity (Wildman–Crippen MR) is 68.3 cm³/mol. The minimum Gasteiger partial charge on any atom is -0.396 e. The molecule has 0 bridgehead atoms. The first-order chi connectivity index (χ1) is 7.43. The summed E-state index contributed by atoms with van der Waals surface area (Å²) in [6, 6.07) is 0.135. The van der Waals surface area contributed by atoms with E-state index in [0.717, 1.165) is 18.9 Å². The molecular formula is C13H28N2O. The Morgan fingerprint density at radius 2 is 1.88 bits per heavy atom. The van der Waals surface area contributed by atoms with Gasteiger partial charge in [0.2, 0.25) is 0 Å². The molecule has 0 saturated carbocycles. The second kappa shape index (κ2) is 5.99. The predicted octanol–water partition coefficient (Wildman–Crippen LogP) is 1.45. The molecule has 1 saturated heterocycles. The first kappa shape index (κ1) is 13.9. The van der Waals surface area contributed by atoms with Gasteiger partial charge in [-0.25, -0.2) is 0 Å². The van der Waals surface area contributed by atoms with E-state index in [9.17, 15) is 0 Å². The minimum atomic E-state index is 0.135. The summed E-state index contributed by atoms with van der Waals surface area (Å²) >= 11 is 0. The Morgan fingerprint density at radius 1 is 1.31 bits per heavy atom. The number of hydrogen-bond donors (Lipinski definition) is 2. The second-order valence-electron chi connectivity index (χ2n) is 6.21. The van der Waals surface area contributed by atoms with Crippen LogP contribution < -0.4 is 5.73 Å². The molecule has 1 fully saturated rings. The highest BCUT2D eigenvalue weighted by Crippen LogP contribution is 2.34. The fourth-order valence-corrected chi connectivity index (χ4v) is 2.57. The summed E-state index contributed by atoms with van der Waals surface area (Å²) in [5.74, 6) is 0.845. The SMILES string of the molecule is CC(C)(C)C1CCN(CC(N)CCO)CC1. The Hall–Kier alpha value is -0.120. The lowest BCUT2D eigenvalue weighted by molar-refractivity contribution is 0.106. The quantitative estimate of drug-likeness (QED) is 0.766. The Morgan fingerprint density at radius 3 is 2.31 bits per heavy atom. The van der Waals surface area contributed by atoms with Gasteiger partial charge >= 0.3 is 0 Å².